The number of H-pyrrole nitrogens is 1. The topological polar surface area (TPSA) is 87.4 Å². The van der Waals surface area contributed by atoms with Crippen molar-refractivity contribution >= 4 is 27.8 Å². The standard InChI is InChI=1S/C21H20BrN3O3/c1-11-5-6-16(9-12(11)2)25-20(27)17(19(26)24-21(25)28)10-23-18-13(3)7-15(22)8-14(18)4/h5-10,27H,1-4H3,(H,24,26,28). The fourth-order valence-electron chi connectivity index (χ4n) is 2.99. The average Bonchev–Trinajstić information content (AvgIpc) is 2.59. The Bertz CT molecular complexity index is 1200. The van der Waals surface area contributed by atoms with Gasteiger partial charge in [0.15, 0.2) is 0 Å². The van der Waals surface area contributed by atoms with Crippen molar-refractivity contribution in [2.75, 3.05) is 0 Å². The van der Waals surface area contributed by atoms with Crippen molar-refractivity contribution in [1.29, 1.82) is 0 Å². The van der Waals surface area contributed by atoms with Crippen LogP contribution in [0.1, 0.15) is 27.8 Å². The third-order valence-corrected chi connectivity index (χ3v) is 5.11. The Morgan fingerprint density at radius 1 is 1.00 bits per heavy atom. The van der Waals surface area contributed by atoms with Crippen LogP contribution in [0.15, 0.2) is 49.4 Å². The highest BCUT2D eigenvalue weighted by Gasteiger charge is 2.15. The van der Waals surface area contributed by atoms with E-state index in [0.29, 0.717) is 11.4 Å². The minimum absolute atomic E-state index is 0.0838. The van der Waals surface area contributed by atoms with Crippen molar-refractivity contribution in [2.45, 2.75) is 27.7 Å². The molecular weight excluding hydrogens is 422 g/mol. The van der Waals surface area contributed by atoms with Crippen molar-refractivity contribution in [3.8, 4) is 11.6 Å². The van der Waals surface area contributed by atoms with E-state index >= 15 is 0 Å². The molecular formula is C21H20BrN3O3. The zero-order valence-corrected chi connectivity index (χ0v) is 17.6. The van der Waals surface area contributed by atoms with Gasteiger partial charge >= 0.3 is 5.69 Å². The van der Waals surface area contributed by atoms with E-state index in [9.17, 15) is 14.7 Å². The maximum absolute atomic E-state index is 12.3. The highest BCUT2D eigenvalue weighted by atomic mass is 79.9. The van der Waals surface area contributed by atoms with Crippen LogP contribution in [0.5, 0.6) is 5.88 Å². The fraction of sp³-hybridized carbons (Fsp3) is 0.190. The molecule has 0 amide bonds. The number of nitrogens with zero attached hydrogens (tertiary/aromatic N) is 2. The van der Waals surface area contributed by atoms with Crippen molar-refractivity contribution in [2.24, 2.45) is 4.99 Å². The van der Waals surface area contributed by atoms with Crippen molar-refractivity contribution in [3.63, 3.8) is 0 Å². The molecule has 2 aromatic carbocycles. The summed E-state index contributed by atoms with van der Waals surface area (Å²) in [5.74, 6) is -0.451. The summed E-state index contributed by atoms with van der Waals surface area (Å²) in [5, 5.41) is 10.7. The zero-order valence-electron chi connectivity index (χ0n) is 16.0. The first kappa shape index (κ1) is 19.8. The van der Waals surface area contributed by atoms with Gasteiger partial charge in [-0.3, -0.25) is 14.8 Å². The van der Waals surface area contributed by atoms with Crippen LogP contribution in [0.2, 0.25) is 0 Å². The Balaban J connectivity index is 2.17. The summed E-state index contributed by atoms with van der Waals surface area (Å²) in [6, 6.07) is 9.17. The van der Waals surface area contributed by atoms with Crippen molar-refractivity contribution in [1.82, 2.24) is 9.55 Å². The quantitative estimate of drug-likeness (QED) is 0.602. The lowest BCUT2D eigenvalue weighted by atomic mass is 10.1. The number of halogens is 1. The van der Waals surface area contributed by atoms with E-state index in [2.05, 4.69) is 25.9 Å². The summed E-state index contributed by atoms with van der Waals surface area (Å²) in [4.78, 5) is 31.3. The summed E-state index contributed by atoms with van der Waals surface area (Å²) < 4.78 is 2.00. The summed E-state index contributed by atoms with van der Waals surface area (Å²) in [6.45, 7) is 7.68. The molecule has 28 heavy (non-hydrogen) atoms. The van der Waals surface area contributed by atoms with Gasteiger partial charge in [0.1, 0.15) is 5.56 Å². The maximum Gasteiger partial charge on any atom is 0.335 e. The molecule has 0 radical (unpaired) electrons. The van der Waals surface area contributed by atoms with E-state index in [0.717, 1.165) is 31.3 Å². The summed E-state index contributed by atoms with van der Waals surface area (Å²) in [7, 11) is 0. The van der Waals surface area contributed by atoms with Crippen molar-refractivity contribution < 1.29 is 5.11 Å². The number of benzene rings is 2. The number of aliphatic imine (C=N–C) groups is 1. The van der Waals surface area contributed by atoms with E-state index in [-0.39, 0.29) is 5.56 Å². The first-order chi connectivity index (χ1) is 13.2. The molecule has 1 aromatic heterocycles. The Labute approximate surface area is 170 Å². The molecule has 0 saturated heterocycles. The smallest absolute Gasteiger partial charge is 0.335 e. The lowest BCUT2D eigenvalue weighted by Crippen LogP contribution is -2.31. The molecule has 144 valence electrons. The molecule has 0 aliphatic heterocycles. The number of aryl methyl sites for hydroxylation is 4. The number of aromatic hydroxyl groups is 1. The van der Waals surface area contributed by atoms with E-state index in [1.165, 1.54) is 6.21 Å². The minimum atomic E-state index is -0.709. The van der Waals surface area contributed by atoms with Gasteiger partial charge < -0.3 is 5.11 Å². The van der Waals surface area contributed by atoms with Crippen LogP contribution in [0.25, 0.3) is 5.69 Å². The van der Waals surface area contributed by atoms with E-state index in [1.807, 2.05) is 45.9 Å². The second-order valence-electron chi connectivity index (χ2n) is 6.75. The van der Waals surface area contributed by atoms with Gasteiger partial charge in [0.05, 0.1) is 11.4 Å². The van der Waals surface area contributed by atoms with Crippen LogP contribution in [0.3, 0.4) is 0 Å². The SMILES string of the molecule is Cc1ccc(-n2c(O)c(C=Nc3c(C)cc(Br)cc3C)c(=O)[nH]c2=O)cc1C. The molecule has 0 atom stereocenters. The minimum Gasteiger partial charge on any atom is -0.493 e. The molecule has 3 aromatic rings. The van der Waals surface area contributed by atoms with E-state index < -0.39 is 17.1 Å². The number of nitrogens with one attached hydrogen (secondary N) is 1. The summed E-state index contributed by atoms with van der Waals surface area (Å²) in [6.07, 6.45) is 1.29. The van der Waals surface area contributed by atoms with Gasteiger partial charge in [0, 0.05) is 10.7 Å². The van der Waals surface area contributed by atoms with Crippen LogP contribution in [-0.2, 0) is 0 Å². The summed E-state index contributed by atoms with van der Waals surface area (Å²) in [5.41, 5.74) is 3.54. The molecule has 0 saturated carbocycles. The Hall–Kier alpha value is -2.93. The third-order valence-electron chi connectivity index (χ3n) is 4.65. The summed E-state index contributed by atoms with van der Waals surface area (Å²) >= 11 is 3.44. The number of hydrogen-bond donors (Lipinski definition) is 2. The normalized spacial score (nSPS) is 11.3. The van der Waals surface area contributed by atoms with E-state index in [1.54, 1.807) is 12.1 Å². The van der Waals surface area contributed by atoms with Gasteiger partial charge in [0.2, 0.25) is 5.88 Å². The van der Waals surface area contributed by atoms with Crippen molar-refractivity contribution in [3.05, 3.63) is 83.5 Å². The van der Waals surface area contributed by atoms with Gasteiger partial charge in [-0.1, -0.05) is 22.0 Å². The molecule has 6 nitrogen and oxygen atoms in total. The molecule has 0 fully saturated rings. The second kappa shape index (κ2) is 7.59. The number of hydrogen-bond acceptors (Lipinski definition) is 4. The Morgan fingerprint density at radius 3 is 2.25 bits per heavy atom. The number of aromatic amines is 1. The van der Waals surface area contributed by atoms with E-state index in [4.69, 9.17) is 0 Å². The first-order valence-electron chi connectivity index (χ1n) is 8.65. The molecule has 1 heterocycles. The molecule has 0 unspecified atom stereocenters. The van der Waals surface area contributed by atoms with Gasteiger partial charge in [-0.05, 0) is 74.2 Å². The maximum atomic E-state index is 12.3. The lowest BCUT2D eigenvalue weighted by molar-refractivity contribution is 0.430. The van der Waals surface area contributed by atoms with Crippen LogP contribution < -0.4 is 11.2 Å². The monoisotopic (exact) mass is 441 g/mol. The molecule has 2 N–H and O–H groups in total. The molecule has 0 bridgehead atoms. The predicted octanol–water partition coefficient (Wildman–Crippen LogP) is 3.98. The molecule has 7 heteroatoms. The van der Waals surface area contributed by atoms with Gasteiger partial charge in [-0.25, -0.2) is 9.36 Å². The largest absolute Gasteiger partial charge is 0.493 e. The molecule has 0 aliphatic carbocycles. The van der Waals surface area contributed by atoms with Gasteiger partial charge in [-0.2, -0.15) is 0 Å². The highest BCUT2D eigenvalue weighted by Crippen LogP contribution is 2.28. The van der Waals surface area contributed by atoms with Crippen LogP contribution in [-0.4, -0.2) is 20.9 Å². The van der Waals surface area contributed by atoms with Crippen LogP contribution in [0.4, 0.5) is 5.69 Å². The molecule has 0 spiro atoms. The van der Waals surface area contributed by atoms with Gasteiger partial charge in [-0.15, -0.1) is 0 Å². The zero-order chi connectivity index (χ0) is 20.6. The first-order valence-corrected chi connectivity index (χ1v) is 9.45. The average molecular weight is 442 g/mol. The third kappa shape index (κ3) is 3.71. The predicted molar refractivity (Wildman–Crippen MR) is 115 cm³/mol. The highest BCUT2D eigenvalue weighted by molar-refractivity contribution is 9.10. The second-order valence-corrected chi connectivity index (χ2v) is 7.66. The number of rotatable bonds is 3. The Morgan fingerprint density at radius 2 is 1.64 bits per heavy atom. The van der Waals surface area contributed by atoms with Crippen LogP contribution >= 0.6 is 15.9 Å². The van der Waals surface area contributed by atoms with Gasteiger partial charge in [0.25, 0.3) is 5.56 Å². The lowest BCUT2D eigenvalue weighted by Gasteiger charge is -2.11. The van der Waals surface area contributed by atoms with Crippen LogP contribution in [0, 0.1) is 27.7 Å². The molecule has 3 rings (SSSR count). The number of aromatic nitrogens is 2. The fourth-order valence-corrected chi connectivity index (χ4v) is 3.68. The molecule has 0 aliphatic rings. The Kier molecular flexibility index (Phi) is 5.38.